The molecule has 0 aromatic carbocycles. The summed E-state index contributed by atoms with van der Waals surface area (Å²) in [6, 6.07) is 1.46. The van der Waals surface area contributed by atoms with Crippen molar-refractivity contribution < 1.29 is 19.1 Å². The van der Waals surface area contributed by atoms with Crippen LogP contribution in [0.3, 0.4) is 0 Å². The Kier molecular flexibility index (Phi) is 4.74. The Balaban J connectivity index is 1.91. The zero-order chi connectivity index (χ0) is 15.4. The van der Waals surface area contributed by atoms with Gasteiger partial charge in [0.25, 0.3) is 0 Å². The second-order valence-electron chi connectivity index (χ2n) is 4.72. The fourth-order valence-corrected chi connectivity index (χ4v) is 2.54. The van der Waals surface area contributed by atoms with Crippen molar-refractivity contribution in [2.45, 2.75) is 26.3 Å². The van der Waals surface area contributed by atoms with Crippen molar-refractivity contribution in [1.82, 2.24) is 9.88 Å². The molecule has 21 heavy (non-hydrogen) atoms. The second-order valence-corrected chi connectivity index (χ2v) is 5.44. The lowest BCUT2D eigenvalue weighted by Crippen LogP contribution is -2.26. The Bertz CT molecular complexity index is 633. The van der Waals surface area contributed by atoms with Crippen LogP contribution in [-0.4, -0.2) is 33.9 Å². The van der Waals surface area contributed by atoms with Gasteiger partial charge in [0.2, 0.25) is 5.91 Å². The molecular weight excluding hydrogens is 292 g/mol. The summed E-state index contributed by atoms with van der Waals surface area (Å²) >= 11 is 1.50. The van der Waals surface area contributed by atoms with E-state index in [1.54, 1.807) is 19.5 Å². The maximum atomic E-state index is 12.0. The number of carboxylic acids is 1. The van der Waals surface area contributed by atoms with Crippen LogP contribution in [0.25, 0.3) is 0 Å². The lowest BCUT2D eigenvalue weighted by molar-refractivity contribution is -0.130. The molecule has 0 radical (unpaired) electrons. The molecule has 0 saturated heterocycles. The molecule has 2 aromatic rings. The van der Waals surface area contributed by atoms with E-state index in [9.17, 15) is 9.59 Å². The lowest BCUT2D eigenvalue weighted by atomic mass is 10.2. The molecule has 1 amide bonds. The molecule has 0 unspecified atom stereocenters. The van der Waals surface area contributed by atoms with Crippen LogP contribution in [0.5, 0.6) is 0 Å². The van der Waals surface area contributed by atoms with Crippen LogP contribution in [-0.2, 0) is 17.8 Å². The first kappa shape index (κ1) is 15.2. The fraction of sp³-hybridized carbons (Fsp3) is 0.357. The van der Waals surface area contributed by atoms with E-state index in [0.29, 0.717) is 24.4 Å². The van der Waals surface area contributed by atoms with Crippen LogP contribution in [0.2, 0.25) is 0 Å². The summed E-state index contributed by atoms with van der Waals surface area (Å²) in [5, 5.41) is 10.9. The van der Waals surface area contributed by atoms with Crippen LogP contribution < -0.4 is 0 Å². The number of aromatic nitrogens is 1. The molecule has 0 aliphatic heterocycles. The van der Waals surface area contributed by atoms with Crippen LogP contribution in [0.4, 0.5) is 0 Å². The Hall–Kier alpha value is -2.15. The monoisotopic (exact) mass is 308 g/mol. The van der Waals surface area contributed by atoms with E-state index >= 15 is 0 Å². The summed E-state index contributed by atoms with van der Waals surface area (Å²) in [6.45, 7) is 1.85. The quantitative estimate of drug-likeness (QED) is 0.885. The maximum Gasteiger partial charge on any atom is 0.339 e. The smallest absolute Gasteiger partial charge is 0.339 e. The van der Waals surface area contributed by atoms with Crippen LogP contribution >= 0.6 is 11.3 Å². The Morgan fingerprint density at radius 3 is 2.81 bits per heavy atom. The number of hydrogen-bond acceptors (Lipinski definition) is 5. The molecule has 2 aromatic heterocycles. The van der Waals surface area contributed by atoms with Gasteiger partial charge in [-0.15, -0.1) is 11.3 Å². The third-order valence-corrected chi connectivity index (χ3v) is 3.73. The molecule has 112 valence electrons. The Morgan fingerprint density at radius 1 is 1.48 bits per heavy atom. The number of aryl methyl sites for hydroxylation is 2. The number of carbonyl (C=O) groups excluding carboxylic acids is 1. The predicted octanol–water partition coefficient (Wildman–Crippen LogP) is 2.33. The molecule has 2 heterocycles. The van der Waals surface area contributed by atoms with Crippen molar-refractivity contribution >= 4 is 23.2 Å². The van der Waals surface area contributed by atoms with Crippen molar-refractivity contribution in [3.8, 4) is 0 Å². The summed E-state index contributed by atoms with van der Waals surface area (Å²) in [5.74, 6) is -0.246. The largest absolute Gasteiger partial charge is 0.478 e. The number of amides is 1. The van der Waals surface area contributed by atoms with Gasteiger partial charge < -0.3 is 14.4 Å². The van der Waals surface area contributed by atoms with Gasteiger partial charge in [-0.25, -0.2) is 9.78 Å². The standard InChI is InChI=1S/C14H16N2O4S/c1-9-12(14(18)19)5-11(20-9)6-16(2)13(17)4-3-10-7-21-8-15-10/h5,7-8H,3-4,6H2,1-2H3,(H,18,19). The summed E-state index contributed by atoms with van der Waals surface area (Å²) in [5.41, 5.74) is 2.78. The minimum atomic E-state index is -1.03. The summed E-state index contributed by atoms with van der Waals surface area (Å²) in [4.78, 5) is 28.6. The highest BCUT2D eigenvalue weighted by molar-refractivity contribution is 7.07. The first-order valence-corrected chi connectivity index (χ1v) is 7.35. The highest BCUT2D eigenvalue weighted by Crippen LogP contribution is 2.16. The Morgan fingerprint density at radius 2 is 2.24 bits per heavy atom. The normalized spacial score (nSPS) is 10.6. The van der Waals surface area contributed by atoms with Crippen molar-refractivity contribution in [1.29, 1.82) is 0 Å². The fourth-order valence-electron chi connectivity index (χ4n) is 1.94. The summed E-state index contributed by atoms with van der Waals surface area (Å²) in [7, 11) is 1.67. The van der Waals surface area contributed by atoms with Crippen LogP contribution in [0, 0.1) is 6.92 Å². The molecule has 0 fully saturated rings. The molecule has 2 rings (SSSR count). The van der Waals surface area contributed by atoms with Gasteiger partial charge in [-0.2, -0.15) is 0 Å². The molecule has 1 N–H and O–H groups in total. The number of hydrogen-bond donors (Lipinski definition) is 1. The van der Waals surface area contributed by atoms with Gasteiger partial charge in [0, 0.05) is 18.8 Å². The molecule has 6 nitrogen and oxygen atoms in total. The van der Waals surface area contributed by atoms with Gasteiger partial charge in [0.05, 0.1) is 17.7 Å². The van der Waals surface area contributed by atoms with Crippen molar-refractivity contribution in [2.24, 2.45) is 0 Å². The Labute approximate surface area is 126 Å². The van der Waals surface area contributed by atoms with E-state index in [-0.39, 0.29) is 18.0 Å². The second kappa shape index (κ2) is 6.53. The van der Waals surface area contributed by atoms with Gasteiger partial charge in [-0.1, -0.05) is 0 Å². The summed E-state index contributed by atoms with van der Waals surface area (Å²) in [6.07, 6.45) is 0.968. The number of thiazole rings is 1. The molecule has 0 aliphatic rings. The zero-order valence-electron chi connectivity index (χ0n) is 11.8. The lowest BCUT2D eigenvalue weighted by Gasteiger charge is -2.15. The minimum Gasteiger partial charge on any atom is -0.478 e. The summed E-state index contributed by atoms with van der Waals surface area (Å²) < 4.78 is 5.36. The number of rotatable bonds is 6. The van der Waals surface area contributed by atoms with E-state index in [0.717, 1.165) is 5.69 Å². The SMILES string of the molecule is Cc1oc(CN(C)C(=O)CCc2cscn2)cc1C(=O)O. The van der Waals surface area contributed by atoms with E-state index < -0.39 is 5.97 Å². The third kappa shape index (κ3) is 3.91. The predicted molar refractivity (Wildman–Crippen MR) is 77.3 cm³/mol. The van der Waals surface area contributed by atoms with Crippen molar-refractivity contribution in [3.63, 3.8) is 0 Å². The highest BCUT2D eigenvalue weighted by Gasteiger charge is 2.17. The molecule has 0 atom stereocenters. The first-order chi connectivity index (χ1) is 9.97. The topological polar surface area (TPSA) is 83.6 Å². The third-order valence-electron chi connectivity index (χ3n) is 3.10. The minimum absolute atomic E-state index is 0.0334. The van der Waals surface area contributed by atoms with Gasteiger partial charge in [0.1, 0.15) is 17.1 Å². The maximum absolute atomic E-state index is 12.0. The van der Waals surface area contributed by atoms with E-state index in [1.807, 2.05) is 5.38 Å². The molecule has 7 heteroatoms. The van der Waals surface area contributed by atoms with Gasteiger partial charge in [-0.3, -0.25) is 4.79 Å². The highest BCUT2D eigenvalue weighted by atomic mass is 32.1. The van der Waals surface area contributed by atoms with E-state index in [4.69, 9.17) is 9.52 Å². The number of aromatic carboxylic acids is 1. The molecule has 0 spiro atoms. The number of furan rings is 1. The zero-order valence-corrected chi connectivity index (χ0v) is 12.6. The van der Waals surface area contributed by atoms with Gasteiger partial charge >= 0.3 is 5.97 Å². The molecule has 0 saturated carbocycles. The number of nitrogens with zero attached hydrogens (tertiary/aromatic N) is 2. The average Bonchev–Trinajstić information content (AvgIpc) is 3.05. The molecule has 0 aliphatic carbocycles. The number of carboxylic acid groups (broad SMARTS) is 1. The molecule has 0 bridgehead atoms. The average molecular weight is 308 g/mol. The van der Waals surface area contributed by atoms with Crippen molar-refractivity contribution in [3.05, 3.63) is 39.7 Å². The van der Waals surface area contributed by atoms with Crippen LogP contribution in [0.1, 0.15) is 34.0 Å². The van der Waals surface area contributed by atoms with Crippen molar-refractivity contribution in [2.75, 3.05) is 7.05 Å². The van der Waals surface area contributed by atoms with E-state index in [1.165, 1.54) is 22.3 Å². The van der Waals surface area contributed by atoms with E-state index in [2.05, 4.69) is 4.98 Å². The van der Waals surface area contributed by atoms with Gasteiger partial charge in [0.15, 0.2) is 0 Å². The van der Waals surface area contributed by atoms with Gasteiger partial charge in [-0.05, 0) is 19.4 Å². The number of carbonyl (C=O) groups is 2. The molecular formula is C14H16N2O4S. The first-order valence-electron chi connectivity index (χ1n) is 6.41. The van der Waals surface area contributed by atoms with Crippen LogP contribution in [0.15, 0.2) is 21.4 Å².